The number of halogens is 2. The zero-order valence-electron chi connectivity index (χ0n) is 15.4. The van der Waals surface area contributed by atoms with Crippen molar-refractivity contribution < 1.29 is 43.4 Å². The first kappa shape index (κ1) is 23.0. The largest absolute Gasteiger partial charge is 1.00 e. The van der Waals surface area contributed by atoms with E-state index in [0.29, 0.717) is 0 Å². The minimum absolute atomic E-state index is 0. The second-order valence-corrected chi connectivity index (χ2v) is 7.53. The van der Waals surface area contributed by atoms with Crippen molar-refractivity contribution in [3.05, 3.63) is 25.3 Å². The highest BCUT2D eigenvalue weighted by molar-refractivity contribution is 5.87. The average Bonchev–Trinajstić information content (AvgIpc) is 2.64. The van der Waals surface area contributed by atoms with Gasteiger partial charge in [-0.3, -0.25) is 9.59 Å². The number of amides is 2. The fraction of sp³-hybridized carbons (Fsp3) is 0.667. The van der Waals surface area contributed by atoms with Gasteiger partial charge in [-0.1, -0.05) is 13.2 Å². The molecule has 2 spiro atoms. The third-order valence-corrected chi connectivity index (χ3v) is 6.45. The summed E-state index contributed by atoms with van der Waals surface area (Å²) in [6, 6.07) is 0. The Hall–Kier alpha value is -1.08. The van der Waals surface area contributed by atoms with E-state index in [1.54, 1.807) is 0 Å². The lowest BCUT2D eigenvalue weighted by atomic mass is 10.1. The van der Waals surface area contributed by atoms with Crippen LogP contribution in [0.2, 0.25) is 0 Å². The van der Waals surface area contributed by atoms with Crippen LogP contribution in [-0.4, -0.2) is 109 Å². The molecule has 0 bridgehead atoms. The van der Waals surface area contributed by atoms with Gasteiger partial charge < -0.3 is 43.6 Å². The Morgan fingerprint density at radius 1 is 0.615 bits per heavy atom. The molecule has 0 N–H and O–H groups in total. The summed E-state index contributed by atoms with van der Waals surface area (Å²) in [5.74, 6) is 0.132. The number of carbonyl (C=O) groups excluding carboxylic acids is 2. The molecule has 0 radical (unpaired) electrons. The summed E-state index contributed by atoms with van der Waals surface area (Å²) in [4.78, 5) is 27.4. The molecule has 0 atom stereocenters. The normalized spacial score (nSPS) is 23.5. The lowest BCUT2D eigenvalue weighted by Crippen LogP contribution is -3.00. The van der Waals surface area contributed by atoms with E-state index in [1.807, 2.05) is 9.80 Å². The standard InChI is InChI=1S/C18H30N4O2.2ClH/c1-3-17(23)19-5-9-21(10-6-19)13-15-22(16-14-21)11-7-20(8-12-22)18(24)4-2;;/h3-4H,1-2,5-16H2;2*1H/q+2;;/p-2. The Morgan fingerprint density at radius 2 is 0.885 bits per heavy atom. The molecule has 3 aliphatic heterocycles. The van der Waals surface area contributed by atoms with Crippen LogP contribution in [0.3, 0.4) is 0 Å². The van der Waals surface area contributed by atoms with E-state index in [-0.39, 0.29) is 36.6 Å². The Kier molecular flexibility index (Phi) is 8.14. The van der Waals surface area contributed by atoms with Gasteiger partial charge in [0.05, 0.1) is 52.4 Å². The van der Waals surface area contributed by atoms with Crippen molar-refractivity contribution in [3.63, 3.8) is 0 Å². The molecule has 26 heavy (non-hydrogen) atoms. The molecule has 0 aromatic carbocycles. The van der Waals surface area contributed by atoms with Crippen molar-refractivity contribution in [2.24, 2.45) is 0 Å². The third kappa shape index (κ3) is 4.60. The van der Waals surface area contributed by atoms with Gasteiger partial charge in [0.15, 0.2) is 0 Å². The number of hydrogen-bond donors (Lipinski definition) is 0. The molecule has 2 amide bonds. The van der Waals surface area contributed by atoms with Crippen LogP contribution in [0.15, 0.2) is 25.3 Å². The number of quaternary nitrogens is 2. The lowest BCUT2D eigenvalue weighted by molar-refractivity contribution is -1.03. The maximum atomic E-state index is 11.7. The monoisotopic (exact) mass is 404 g/mol. The van der Waals surface area contributed by atoms with Crippen molar-refractivity contribution in [2.45, 2.75) is 0 Å². The first-order chi connectivity index (χ1) is 11.5. The van der Waals surface area contributed by atoms with Crippen LogP contribution in [0.4, 0.5) is 0 Å². The predicted octanol–water partition coefficient (Wildman–Crippen LogP) is -6.30. The molecule has 8 heteroatoms. The molecular weight excluding hydrogens is 375 g/mol. The molecule has 0 aromatic heterocycles. The third-order valence-electron chi connectivity index (χ3n) is 6.45. The topological polar surface area (TPSA) is 40.6 Å². The molecule has 3 heterocycles. The molecule has 0 unspecified atom stereocenters. The second-order valence-electron chi connectivity index (χ2n) is 7.53. The van der Waals surface area contributed by atoms with Gasteiger partial charge in [0.25, 0.3) is 0 Å². The summed E-state index contributed by atoms with van der Waals surface area (Å²) in [6.07, 6.45) is 2.85. The quantitative estimate of drug-likeness (QED) is 0.339. The molecule has 6 nitrogen and oxygen atoms in total. The molecule has 3 saturated heterocycles. The zero-order valence-corrected chi connectivity index (χ0v) is 16.9. The number of piperazine rings is 3. The van der Waals surface area contributed by atoms with Crippen LogP contribution >= 0.6 is 0 Å². The maximum absolute atomic E-state index is 11.7. The Morgan fingerprint density at radius 3 is 1.12 bits per heavy atom. The van der Waals surface area contributed by atoms with Crippen molar-refractivity contribution in [1.82, 2.24) is 9.80 Å². The minimum atomic E-state index is 0. The molecule has 148 valence electrons. The fourth-order valence-corrected chi connectivity index (χ4v) is 4.44. The predicted molar refractivity (Wildman–Crippen MR) is 93.0 cm³/mol. The van der Waals surface area contributed by atoms with Gasteiger partial charge in [0.1, 0.15) is 26.2 Å². The van der Waals surface area contributed by atoms with Crippen LogP contribution in [0, 0.1) is 0 Å². The van der Waals surface area contributed by atoms with Crippen LogP contribution < -0.4 is 24.8 Å². The second kappa shape index (κ2) is 9.22. The van der Waals surface area contributed by atoms with Crippen molar-refractivity contribution >= 4 is 11.8 Å². The summed E-state index contributed by atoms with van der Waals surface area (Å²) < 4.78 is 2.33. The van der Waals surface area contributed by atoms with Gasteiger partial charge in [0.2, 0.25) is 11.8 Å². The van der Waals surface area contributed by atoms with Gasteiger partial charge >= 0.3 is 0 Å². The summed E-state index contributed by atoms with van der Waals surface area (Å²) in [5.41, 5.74) is 0. The van der Waals surface area contributed by atoms with Gasteiger partial charge in [-0.25, -0.2) is 0 Å². The molecule has 0 aliphatic carbocycles. The van der Waals surface area contributed by atoms with Crippen LogP contribution in [0.1, 0.15) is 0 Å². The zero-order chi connectivity index (χ0) is 17.2. The summed E-state index contributed by atoms with van der Waals surface area (Å²) in [5, 5.41) is 0. The number of carbonyl (C=O) groups is 2. The van der Waals surface area contributed by atoms with E-state index < -0.39 is 0 Å². The molecule has 3 fully saturated rings. The van der Waals surface area contributed by atoms with Crippen LogP contribution in [0.25, 0.3) is 0 Å². The molecule has 3 rings (SSSR count). The number of hydrogen-bond acceptors (Lipinski definition) is 2. The molecule has 0 aromatic rings. The lowest BCUT2D eigenvalue weighted by Gasteiger charge is -2.54. The molecule has 0 saturated carbocycles. The fourth-order valence-electron chi connectivity index (χ4n) is 4.44. The number of nitrogens with zero attached hydrogens (tertiary/aromatic N) is 4. The summed E-state index contributed by atoms with van der Waals surface area (Å²) in [6.45, 7) is 19.7. The molecular formula is C18H30Cl2N4O2. The van der Waals surface area contributed by atoms with E-state index in [4.69, 9.17) is 0 Å². The van der Waals surface area contributed by atoms with Crippen molar-refractivity contribution in [3.8, 4) is 0 Å². The van der Waals surface area contributed by atoms with E-state index in [9.17, 15) is 9.59 Å². The Balaban J connectivity index is 0.00000169. The average molecular weight is 405 g/mol. The Bertz CT molecular complexity index is 479. The van der Waals surface area contributed by atoms with Crippen LogP contribution in [-0.2, 0) is 9.59 Å². The first-order valence-electron chi connectivity index (χ1n) is 9.04. The summed E-state index contributed by atoms with van der Waals surface area (Å²) in [7, 11) is 0. The van der Waals surface area contributed by atoms with Gasteiger partial charge in [-0.2, -0.15) is 0 Å². The minimum Gasteiger partial charge on any atom is -1.00 e. The van der Waals surface area contributed by atoms with E-state index in [1.165, 1.54) is 38.3 Å². The number of rotatable bonds is 2. The highest BCUT2D eigenvalue weighted by Crippen LogP contribution is 2.24. The van der Waals surface area contributed by atoms with Crippen molar-refractivity contribution in [1.29, 1.82) is 0 Å². The summed E-state index contributed by atoms with van der Waals surface area (Å²) >= 11 is 0. The SMILES string of the molecule is C=CC(=O)N1CC[N+]2(CC1)CC[N+]1(CCN(C(=O)C=C)CC1)CC2.[Cl-].[Cl-]. The van der Waals surface area contributed by atoms with E-state index >= 15 is 0 Å². The van der Waals surface area contributed by atoms with Gasteiger partial charge in [-0.15, -0.1) is 0 Å². The highest BCUT2D eigenvalue weighted by Gasteiger charge is 2.45. The van der Waals surface area contributed by atoms with Crippen LogP contribution in [0.5, 0.6) is 0 Å². The Labute approximate surface area is 169 Å². The smallest absolute Gasteiger partial charge is 0.246 e. The van der Waals surface area contributed by atoms with Crippen molar-refractivity contribution in [2.75, 3.05) is 78.5 Å². The first-order valence-corrected chi connectivity index (χ1v) is 9.04. The molecule has 3 aliphatic rings. The maximum Gasteiger partial charge on any atom is 0.246 e. The van der Waals surface area contributed by atoms with Gasteiger partial charge in [0, 0.05) is 0 Å². The van der Waals surface area contributed by atoms with E-state index in [0.717, 1.165) is 61.3 Å². The highest BCUT2D eigenvalue weighted by atomic mass is 35.5. The van der Waals surface area contributed by atoms with E-state index in [2.05, 4.69) is 13.2 Å². The van der Waals surface area contributed by atoms with Gasteiger partial charge in [-0.05, 0) is 12.2 Å².